The van der Waals surface area contributed by atoms with Gasteiger partial charge in [-0.3, -0.25) is 0 Å². The van der Waals surface area contributed by atoms with E-state index in [-0.39, 0.29) is 12.4 Å². The average molecular weight is 470 g/mol. The average Bonchev–Trinajstić information content (AvgIpc) is 2.73. The minimum absolute atomic E-state index is 0.237. The van der Waals surface area contributed by atoms with Gasteiger partial charge in [-0.15, -0.1) is 0 Å². The van der Waals surface area contributed by atoms with Crippen molar-refractivity contribution in [2.75, 3.05) is 6.61 Å². The van der Waals surface area contributed by atoms with Gasteiger partial charge >= 0.3 is 0 Å². The topological polar surface area (TPSA) is 42.2 Å². The lowest BCUT2D eigenvalue weighted by molar-refractivity contribution is 0.267. The summed E-state index contributed by atoms with van der Waals surface area (Å²) >= 11 is 3.50. The molecular weight excluding hydrogens is 452 g/mol. The molecule has 0 N–H and O–H groups in total. The lowest BCUT2D eigenvalue weighted by atomic mass is 10.0. The molecule has 0 aliphatic heterocycles. The van der Waals surface area contributed by atoms with Crippen LogP contribution >= 0.6 is 15.9 Å². The van der Waals surface area contributed by atoms with Crippen LogP contribution in [0.1, 0.15) is 23.6 Å². The molecule has 0 unspecified atom stereocenters. The van der Waals surface area contributed by atoms with Gasteiger partial charge in [0.25, 0.3) is 0 Å². The maximum atomic E-state index is 13.5. The summed E-state index contributed by atoms with van der Waals surface area (Å²) in [5.41, 5.74) is 2.32. The molecule has 0 radical (unpaired) electrons. The summed E-state index contributed by atoms with van der Waals surface area (Å²) in [7, 11) is 0. The van der Waals surface area contributed by atoms with Crippen molar-refractivity contribution in [2.24, 2.45) is 0 Å². The quantitative estimate of drug-likeness (QED) is 0.283. The lowest BCUT2D eigenvalue weighted by Gasteiger charge is -2.15. The Balaban J connectivity index is 1.92. The van der Waals surface area contributed by atoms with Gasteiger partial charge in [0, 0.05) is 0 Å². The van der Waals surface area contributed by atoms with E-state index in [0.29, 0.717) is 39.3 Å². The van der Waals surface area contributed by atoms with Gasteiger partial charge in [-0.05, 0) is 82.0 Å². The first kappa shape index (κ1) is 21.5. The standard InChI is InChI=1S/C24H18BrF2NO2/c1-2-29-23-12-17(10-19(14-28)18-4-3-5-21(27)13-18)11-22(25)24(23)30-15-16-6-8-20(26)9-7-16/h3-13H,2,15H2,1H3/b19-10-. The monoisotopic (exact) mass is 469 g/mol. The highest BCUT2D eigenvalue weighted by Crippen LogP contribution is 2.38. The molecule has 0 heterocycles. The molecule has 3 aromatic carbocycles. The second-order valence-corrected chi connectivity index (χ2v) is 7.21. The largest absolute Gasteiger partial charge is 0.490 e. The van der Waals surface area contributed by atoms with Crippen molar-refractivity contribution in [1.82, 2.24) is 0 Å². The molecule has 0 bridgehead atoms. The van der Waals surface area contributed by atoms with Crippen molar-refractivity contribution in [3.05, 3.63) is 93.5 Å². The van der Waals surface area contributed by atoms with Crippen molar-refractivity contribution in [1.29, 1.82) is 5.26 Å². The fourth-order valence-corrected chi connectivity index (χ4v) is 3.39. The van der Waals surface area contributed by atoms with Crippen LogP contribution in [0.2, 0.25) is 0 Å². The predicted molar refractivity (Wildman–Crippen MR) is 116 cm³/mol. The number of nitriles is 1. The van der Waals surface area contributed by atoms with Crippen LogP contribution in [0.3, 0.4) is 0 Å². The van der Waals surface area contributed by atoms with Gasteiger partial charge in [-0.1, -0.05) is 24.3 Å². The molecule has 3 aromatic rings. The third-order valence-electron chi connectivity index (χ3n) is 4.20. The minimum atomic E-state index is -0.408. The maximum absolute atomic E-state index is 13.5. The Bertz CT molecular complexity index is 1110. The number of benzene rings is 3. The molecule has 0 fully saturated rings. The maximum Gasteiger partial charge on any atom is 0.175 e. The van der Waals surface area contributed by atoms with E-state index >= 15 is 0 Å². The number of hydrogen-bond donors (Lipinski definition) is 0. The van der Waals surface area contributed by atoms with Crippen LogP contribution < -0.4 is 9.47 Å². The van der Waals surface area contributed by atoms with Crippen LogP contribution in [-0.2, 0) is 6.61 Å². The molecular formula is C24H18BrF2NO2. The Morgan fingerprint density at radius 1 is 1.03 bits per heavy atom. The number of allylic oxidation sites excluding steroid dienone is 1. The Labute approximate surface area is 182 Å². The van der Waals surface area contributed by atoms with E-state index in [0.717, 1.165) is 5.56 Å². The van der Waals surface area contributed by atoms with E-state index < -0.39 is 5.82 Å². The van der Waals surface area contributed by atoms with Crippen molar-refractivity contribution in [3.8, 4) is 17.6 Å². The summed E-state index contributed by atoms with van der Waals surface area (Å²) in [5, 5.41) is 9.52. The van der Waals surface area contributed by atoms with Gasteiger partial charge in [-0.25, -0.2) is 8.78 Å². The van der Waals surface area contributed by atoms with Gasteiger partial charge in [-0.2, -0.15) is 5.26 Å². The Kier molecular flexibility index (Phi) is 7.21. The molecule has 0 aliphatic carbocycles. The second-order valence-electron chi connectivity index (χ2n) is 6.36. The zero-order valence-corrected chi connectivity index (χ0v) is 17.7. The normalized spacial score (nSPS) is 11.1. The van der Waals surface area contributed by atoms with E-state index in [1.54, 1.807) is 42.5 Å². The molecule has 0 atom stereocenters. The van der Waals surface area contributed by atoms with Gasteiger partial charge in [0.05, 0.1) is 22.7 Å². The number of nitrogens with zero attached hydrogens (tertiary/aromatic N) is 1. The Morgan fingerprint density at radius 3 is 2.47 bits per heavy atom. The van der Waals surface area contributed by atoms with E-state index in [2.05, 4.69) is 22.0 Å². The zero-order chi connectivity index (χ0) is 21.5. The smallest absolute Gasteiger partial charge is 0.175 e. The summed E-state index contributed by atoms with van der Waals surface area (Å²) in [6.07, 6.45) is 1.66. The number of halogens is 3. The highest BCUT2D eigenvalue weighted by Gasteiger charge is 2.13. The summed E-state index contributed by atoms with van der Waals surface area (Å²) in [4.78, 5) is 0. The Hall–Kier alpha value is -3.17. The van der Waals surface area contributed by atoms with E-state index in [9.17, 15) is 14.0 Å². The molecule has 0 amide bonds. The molecule has 3 nitrogen and oxygen atoms in total. The third-order valence-corrected chi connectivity index (χ3v) is 4.78. The van der Waals surface area contributed by atoms with Crippen molar-refractivity contribution in [2.45, 2.75) is 13.5 Å². The minimum Gasteiger partial charge on any atom is -0.490 e. The molecule has 30 heavy (non-hydrogen) atoms. The van der Waals surface area contributed by atoms with Crippen LogP contribution in [0.25, 0.3) is 11.6 Å². The summed E-state index contributed by atoms with van der Waals surface area (Å²) in [6.45, 7) is 2.51. The van der Waals surface area contributed by atoms with E-state index in [4.69, 9.17) is 9.47 Å². The number of rotatable bonds is 7. The van der Waals surface area contributed by atoms with Crippen LogP contribution in [-0.4, -0.2) is 6.61 Å². The van der Waals surface area contributed by atoms with Gasteiger partial charge < -0.3 is 9.47 Å². The predicted octanol–water partition coefficient (Wildman–Crippen LogP) is 6.77. The number of hydrogen-bond acceptors (Lipinski definition) is 3. The zero-order valence-electron chi connectivity index (χ0n) is 16.2. The van der Waals surface area contributed by atoms with Crippen LogP contribution in [0.5, 0.6) is 11.5 Å². The molecule has 0 saturated carbocycles. The first-order valence-electron chi connectivity index (χ1n) is 9.21. The highest BCUT2D eigenvalue weighted by atomic mass is 79.9. The highest BCUT2D eigenvalue weighted by molar-refractivity contribution is 9.10. The summed E-state index contributed by atoms with van der Waals surface area (Å²) < 4.78 is 38.9. The first-order valence-corrected chi connectivity index (χ1v) is 10.0. The van der Waals surface area contributed by atoms with Crippen LogP contribution in [0.4, 0.5) is 8.78 Å². The summed E-state index contributed by atoms with van der Waals surface area (Å²) in [6, 6.07) is 17.6. The fraction of sp³-hybridized carbons (Fsp3) is 0.125. The lowest BCUT2D eigenvalue weighted by Crippen LogP contribution is -2.01. The van der Waals surface area contributed by atoms with Crippen molar-refractivity contribution >= 4 is 27.6 Å². The molecule has 0 aromatic heterocycles. The molecule has 0 spiro atoms. The van der Waals surface area contributed by atoms with E-state index in [1.165, 1.54) is 24.3 Å². The molecule has 3 rings (SSSR count). The Morgan fingerprint density at radius 2 is 1.80 bits per heavy atom. The van der Waals surface area contributed by atoms with Gasteiger partial charge in [0.1, 0.15) is 18.2 Å². The third kappa shape index (κ3) is 5.46. The van der Waals surface area contributed by atoms with Gasteiger partial charge in [0.2, 0.25) is 0 Å². The molecule has 0 aliphatic rings. The first-order chi connectivity index (χ1) is 14.5. The van der Waals surface area contributed by atoms with Gasteiger partial charge in [0.15, 0.2) is 11.5 Å². The molecule has 152 valence electrons. The SMILES string of the molecule is CCOc1cc(/C=C(/C#N)c2cccc(F)c2)cc(Br)c1OCc1ccc(F)cc1. The van der Waals surface area contributed by atoms with Crippen LogP contribution in [0, 0.1) is 23.0 Å². The van der Waals surface area contributed by atoms with Crippen LogP contribution in [0.15, 0.2) is 65.1 Å². The van der Waals surface area contributed by atoms with Crippen molar-refractivity contribution in [3.63, 3.8) is 0 Å². The summed E-state index contributed by atoms with van der Waals surface area (Å²) in [5.74, 6) is 0.284. The molecule has 0 saturated heterocycles. The second kappa shape index (κ2) is 10.0. The number of ether oxygens (including phenoxy) is 2. The van der Waals surface area contributed by atoms with Crippen molar-refractivity contribution < 1.29 is 18.3 Å². The molecule has 6 heteroatoms. The fourth-order valence-electron chi connectivity index (χ4n) is 2.81. The van der Waals surface area contributed by atoms with E-state index in [1.807, 2.05) is 6.92 Å².